The molecule has 2 rings (SSSR count). The molecular formula is C13H7Br2ClO3. The van der Waals surface area contributed by atoms with E-state index in [1.807, 2.05) is 0 Å². The lowest BCUT2D eigenvalue weighted by Gasteiger charge is -2.10. The minimum Gasteiger partial charge on any atom is -0.478 e. The zero-order chi connectivity index (χ0) is 14.0. The van der Waals surface area contributed by atoms with Gasteiger partial charge in [0.05, 0.1) is 4.47 Å². The summed E-state index contributed by atoms with van der Waals surface area (Å²) in [5.74, 6) is -0.365. The molecule has 0 heterocycles. The molecule has 98 valence electrons. The van der Waals surface area contributed by atoms with Crippen LogP contribution in [0.3, 0.4) is 0 Å². The van der Waals surface area contributed by atoms with Crippen LogP contribution in [0, 0.1) is 0 Å². The highest BCUT2D eigenvalue weighted by molar-refractivity contribution is 9.11. The van der Waals surface area contributed by atoms with E-state index >= 15 is 0 Å². The molecule has 0 spiro atoms. The van der Waals surface area contributed by atoms with E-state index in [2.05, 4.69) is 31.9 Å². The molecule has 0 aliphatic rings. The van der Waals surface area contributed by atoms with Gasteiger partial charge in [0.1, 0.15) is 17.1 Å². The fraction of sp³-hybridized carbons (Fsp3) is 0. The standard InChI is InChI=1S/C13H7Br2ClO3/c14-7-1-4-11(10(15)5-7)19-12-6-8(16)2-3-9(12)13(17)18/h1-6H,(H,17,18). The molecule has 0 radical (unpaired) electrons. The maximum Gasteiger partial charge on any atom is 0.339 e. The predicted molar refractivity (Wildman–Crippen MR) is 80.3 cm³/mol. The van der Waals surface area contributed by atoms with Crippen molar-refractivity contribution in [3.8, 4) is 11.5 Å². The topological polar surface area (TPSA) is 46.5 Å². The van der Waals surface area contributed by atoms with Gasteiger partial charge in [0.15, 0.2) is 0 Å². The number of benzene rings is 2. The van der Waals surface area contributed by atoms with Crippen LogP contribution < -0.4 is 4.74 Å². The monoisotopic (exact) mass is 404 g/mol. The second-order valence-corrected chi connectivity index (χ2v) is 5.83. The molecular weight excluding hydrogens is 399 g/mol. The number of ether oxygens (including phenoxy) is 1. The summed E-state index contributed by atoms with van der Waals surface area (Å²) in [5.41, 5.74) is 0.0548. The molecule has 0 aromatic heterocycles. The van der Waals surface area contributed by atoms with Crippen LogP contribution in [0.4, 0.5) is 0 Å². The number of carbonyl (C=O) groups is 1. The Labute approximate surface area is 131 Å². The number of carboxylic acid groups (broad SMARTS) is 1. The summed E-state index contributed by atoms with van der Waals surface area (Å²) in [7, 11) is 0. The highest BCUT2D eigenvalue weighted by Crippen LogP contribution is 2.34. The summed E-state index contributed by atoms with van der Waals surface area (Å²) in [6, 6.07) is 9.72. The minimum atomic E-state index is -1.07. The van der Waals surface area contributed by atoms with Crippen molar-refractivity contribution in [1.82, 2.24) is 0 Å². The highest BCUT2D eigenvalue weighted by atomic mass is 79.9. The summed E-state index contributed by atoms with van der Waals surface area (Å²) in [6.45, 7) is 0. The van der Waals surface area contributed by atoms with E-state index < -0.39 is 5.97 Å². The number of carboxylic acids is 1. The summed E-state index contributed by atoms with van der Waals surface area (Å²) < 4.78 is 7.20. The summed E-state index contributed by atoms with van der Waals surface area (Å²) in [6.07, 6.45) is 0. The Morgan fingerprint density at radius 3 is 2.47 bits per heavy atom. The van der Waals surface area contributed by atoms with Crippen LogP contribution in [0.15, 0.2) is 45.3 Å². The molecule has 0 fully saturated rings. The van der Waals surface area contributed by atoms with Gasteiger partial charge in [-0.25, -0.2) is 4.79 Å². The molecule has 1 N–H and O–H groups in total. The molecule has 0 aliphatic carbocycles. The van der Waals surface area contributed by atoms with E-state index in [-0.39, 0.29) is 11.3 Å². The molecule has 19 heavy (non-hydrogen) atoms. The molecule has 0 atom stereocenters. The molecule has 0 aliphatic heterocycles. The van der Waals surface area contributed by atoms with Crippen molar-refractivity contribution < 1.29 is 14.6 Å². The average molecular weight is 406 g/mol. The Morgan fingerprint density at radius 2 is 1.84 bits per heavy atom. The lowest BCUT2D eigenvalue weighted by Crippen LogP contribution is -2.00. The van der Waals surface area contributed by atoms with Gasteiger partial charge in [-0.2, -0.15) is 0 Å². The van der Waals surface area contributed by atoms with Crippen molar-refractivity contribution in [2.75, 3.05) is 0 Å². The molecule has 0 amide bonds. The van der Waals surface area contributed by atoms with E-state index in [0.29, 0.717) is 15.2 Å². The predicted octanol–water partition coefficient (Wildman–Crippen LogP) is 5.36. The second-order valence-electron chi connectivity index (χ2n) is 3.62. The fourth-order valence-corrected chi connectivity index (χ4v) is 2.72. The van der Waals surface area contributed by atoms with Crippen LogP contribution in [0.25, 0.3) is 0 Å². The van der Waals surface area contributed by atoms with Gasteiger partial charge in [-0.15, -0.1) is 0 Å². The second kappa shape index (κ2) is 5.94. The van der Waals surface area contributed by atoms with Crippen molar-refractivity contribution >= 4 is 49.4 Å². The first-order valence-electron chi connectivity index (χ1n) is 5.13. The molecule has 0 saturated carbocycles. The molecule has 0 unspecified atom stereocenters. The maximum absolute atomic E-state index is 11.1. The number of aromatic carboxylic acids is 1. The van der Waals surface area contributed by atoms with E-state index in [1.165, 1.54) is 18.2 Å². The SMILES string of the molecule is O=C(O)c1ccc(Cl)cc1Oc1ccc(Br)cc1Br. The van der Waals surface area contributed by atoms with E-state index in [4.69, 9.17) is 21.4 Å². The Hall–Kier alpha value is -1.04. The number of halogens is 3. The van der Waals surface area contributed by atoms with Crippen LogP contribution in [-0.2, 0) is 0 Å². The van der Waals surface area contributed by atoms with Crippen molar-refractivity contribution in [2.24, 2.45) is 0 Å². The smallest absolute Gasteiger partial charge is 0.339 e. The maximum atomic E-state index is 11.1. The molecule has 3 nitrogen and oxygen atoms in total. The third kappa shape index (κ3) is 3.49. The Morgan fingerprint density at radius 1 is 1.11 bits per heavy atom. The van der Waals surface area contributed by atoms with Gasteiger partial charge in [0.25, 0.3) is 0 Å². The Bertz CT molecular complexity index is 644. The van der Waals surface area contributed by atoms with Gasteiger partial charge in [0, 0.05) is 15.6 Å². The van der Waals surface area contributed by atoms with Crippen LogP contribution >= 0.6 is 43.5 Å². The molecule has 2 aromatic carbocycles. The van der Waals surface area contributed by atoms with Crippen LogP contribution in [0.1, 0.15) is 10.4 Å². The van der Waals surface area contributed by atoms with Gasteiger partial charge < -0.3 is 9.84 Å². The van der Waals surface area contributed by atoms with Crippen LogP contribution in [0.5, 0.6) is 11.5 Å². The van der Waals surface area contributed by atoms with Crippen molar-refractivity contribution in [3.05, 3.63) is 55.9 Å². The normalized spacial score (nSPS) is 10.3. The third-order valence-corrected chi connectivity index (χ3v) is 3.64. The first-order valence-corrected chi connectivity index (χ1v) is 7.09. The van der Waals surface area contributed by atoms with Gasteiger partial charge in [-0.3, -0.25) is 0 Å². The lowest BCUT2D eigenvalue weighted by molar-refractivity contribution is 0.0694. The van der Waals surface area contributed by atoms with Gasteiger partial charge in [-0.1, -0.05) is 27.5 Å². The quantitative estimate of drug-likeness (QED) is 0.747. The summed E-state index contributed by atoms with van der Waals surface area (Å²) in [5, 5.41) is 9.52. The zero-order valence-electron chi connectivity index (χ0n) is 9.36. The number of hydrogen-bond acceptors (Lipinski definition) is 2. The third-order valence-electron chi connectivity index (χ3n) is 2.29. The van der Waals surface area contributed by atoms with E-state index in [0.717, 1.165) is 4.47 Å². The number of rotatable bonds is 3. The van der Waals surface area contributed by atoms with Gasteiger partial charge in [-0.05, 0) is 46.3 Å². The van der Waals surface area contributed by atoms with Gasteiger partial charge in [0.2, 0.25) is 0 Å². The molecule has 0 bridgehead atoms. The molecule has 2 aromatic rings. The zero-order valence-corrected chi connectivity index (χ0v) is 13.3. The number of hydrogen-bond donors (Lipinski definition) is 1. The molecule has 0 saturated heterocycles. The summed E-state index contributed by atoms with van der Waals surface area (Å²) >= 11 is 12.5. The van der Waals surface area contributed by atoms with E-state index in [9.17, 15) is 4.79 Å². The largest absolute Gasteiger partial charge is 0.478 e. The first kappa shape index (κ1) is 14.4. The first-order chi connectivity index (χ1) is 8.97. The van der Waals surface area contributed by atoms with Crippen molar-refractivity contribution in [1.29, 1.82) is 0 Å². The van der Waals surface area contributed by atoms with Gasteiger partial charge >= 0.3 is 5.97 Å². The minimum absolute atomic E-state index is 0.0548. The fourth-order valence-electron chi connectivity index (χ4n) is 1.43. The van der Waals surface area contributed by atoms with Crippen LogP contribution in [-0.4, -0.2) is 11.1 Å². The Kier molecular flexibility index (Phi) is 4.50. The highest BCUT2D eigenvalue weighted by Gasteiger charge is 2.14. The van der Waals surface area contributed by atoms with Crippen LogP contribution in [0.2, 0.25) is 5.02 Å². The van der Waals surface area contributed by atoms with Crippen molar-refractivity contribution in [3.63, 3.8) is 0 Å². The Balaban J connectivity index is 2.42. The molecule has 6 heteroatoms. The van der Waals surface area contributed by atoms with E-state index in [1.54, 1.807) is 18.2 Å². The lowest BCUT2D eigenvalue weighted by atomic mass is 10.2. The average Bonchev–Trinajstić information content (AvgIpc) is 2.32. The summed E-state index contributed by atoms with van der Waals surface area (Å²) in [4.78, 5) is 11.1. The van der Waals surface area contributed by atoms with Crippen molar-refractivity contribution in [2.45, 2.75) is 0 Å².